The molecule has 2 aromatic carbocycles. The molecule has 0 aliphatic carbocycles. The van der Waals surface area contributed by atoms with Gasteiger partial charge in [0.05, 0.1) is 24.9 Å². The lowest BCUT2D eigenvalue weighted by molar-refractivity contribution is -0.385. The van der Waals surface area contributed by atoms with Gasteiger partial charge in [0.25, 0.3) is 0 Å². The number of nitrogens with one attached hydrogen (secondary N) is 1. The molecule has 1 amide bonds. The van der Waals surface area contributed by atoms with Crippen LogP contribution in [0, 0.1) is 10.1 Å². The first-order valence-electron chi connectivity index (χ1n) is 10.1. The van der Waals surface area contributed by atoms with Gasteiger partial charge in [0, 0.05) is 36.6 Å². The van der Waals surface area contributed by atoms with Crippen LogP contribution >= 0.6 is 11.8 Å². The summed E-state index contributed by atoms with van der Waals surface area (Å²) in [6.45, 7) is 1.78. The summed E-state index contributed by atoms with van der Waals surface area (Å²) in [6, 6.07) is 13.1. The summed E-state index contributed by atoms with van der Waals surface area (Å²) >= 11 is 1.44. The predicted molar refractivity (Wildman–Crippen MR) is 122 cm³/mol. The first kappa shape index (κ1) is 22.7. The number of thioether (sulfide) groups is 1. The second-order valence-electron chi connectivity index (χ2n) is 7.28. The Morgan fingerprint density at radius 2 is 1.87 bits per heavy atom. The number of methoxy groups -OCH3 is 2. The lowest BCUT2D eigenvalue weighted by atomic mass is 10.0. The molecule has 0 aromatic heterocycles. The fourth-order valence-corrected chi connectivity index (χ4v) is 4.36. The second kappa shape index (κ2) is 10.9. The highest BCUT2D eigenvalue weighted by Gasteiger charge is 2.21. The number of carbonyl (C=O) groups is 1. The van der Waals surface area contributed by atoms with Gasteiger partial charge in [-0.2, -0.15) is 0 Å². The minimum atomic E-state index is -0.460. The highest BCUT2D eigenvalue weighted by atomic mass is 32.2. The molecule has 0 saturated carbocycles. The topological polar surface area (TPSA) is 93.9 Å². The number of nitro benzene ring substituents is 1. The van der Waals surface area contributed by atoms with Crippen molar-refractivity contribution in [2.45, 2.75) is 24.6 Å². The Hall–Kier alpha value is -2.94. The molecule has 1 fully saturated rings. The molecule has 0 unspecified atom stereocenters. The van der Waals surface area contributed by atoms with Crippen molar-refractivity contribution in [3.05, 3.63) is 58.1 Å². The molecule has 1 N–H and O–H groups in total. The average Bonchev–Trinajstić information content (AvgIpc) is 2.79. The maximum Gasteiger partial charge on any atom is 0.311 e. The fraction of sp³-hybridized carbons (Fsp3) is 0.409. The van der Waals surface area contributed by atoms with Crippen LogP contribution in [0.2, 0.25) is 0 Å². The standard InChI is InChI=1S/C22H27N3O5S/c1-29-19-6-4-18(5-7-19)24-11-9-17(10-12-24)23-22(26)15-31-14-16-3-8-21(30-2)20(13-16)25(27)28/h3-8,13,17H,9-12,14-15H2,1-2H3,(H,23,26). The molecule has 0 radical (unpaired) electrons. The van der Waals surface area contributed by atoms with Gasteiger partial charge in [-0.25, -0.2) is 0 Å². The number of nitrogens with zero attached hydrogens (tertiary/aromatic N) is 2. The van der Waals surface area contributed by atoms with Crippen LogP contribution in [0.4, 0.5) is 11.4 Å². The number of piperidine rings is 1. The smallest absolute Gasteiger partial charge is 0.311 e. The average molecular weight is 446 g/mol. The van der Waals surface area contributed by atoms with E-state index in [1.54, 1.807) is 19.2 Å². The van der Waals surface area contributed by atoms with Gasteiger partial charge in [-0.3, -0.25) is 14.9 Å². The number of ether oxygens (including phenoxy) is 2. The van der Waals surface area contributed by atoms with E-state index in [0.29, 0.717) is 11.5 Å². The lowest BCUT2D eigenvalue weighted by Gasteiger charge is -2.34. The summed E-state index contributed by atoms with van der Waals surface area (Å²) in [5.41, 5.74) is 1.89. The zero-order valence-electron chi connectivity index (χ0n) is 17.7. The molecule has 1 heterocycles. The van der Waals surface area contributed by atoms with E-state index in [2.05, 4.69) is 22.3 Å². The van der Waals surface area contributed by atoms with Gasteiger partial charge in [-0.05, 0) is 48.7 Å². The molecule has 166 valence electrons. The predicted octanol–water partition coefficient (Wildman–Crippen LogP) is 3.63. The van der Waals surface area contributed by atoms with Gasteiger partial charge >= 0.3 is 5.69 Å². The molecule has 3 rings (SSSR count). The highest BCUT2D eigenvalue weighted by Crippen LogP contribution is 2.29. The monoisotopic (exact) mass is 445 g/mol. The van der Waals surface area contributed by atoms with Crippen molar-refractivity contribution in [3.63, 3.8) is 0 Å². The van der Waals surface area contributed by atoms with E-state index in [1.807, 2.05) is 12.1 Å². The normalized spacial score (nSPS) is 14.2. The van der Waals surface area contributed by atoms with Crippen molar-refractivity contribution >= 4 is 29.0 Å². The van der Waals surface area contributed by atoms with Crippen LogP contribution in [-0.2, 0) is 10.5 Å². The fourth-order valence-electron chi connectivity index (χ4n) is 3.57. The van der Waals surface area contributed by atoms with Crippen LogP contribution in [0.1, 0.15) is 18.4 Å². The molecular weight excluding hydrogens is 418 g/mol. The number of amides is 1. The molecule has 1 aliphatic rings. The van der Waals surface area contributed by atoms with E-state index >= 15 is 0 Å². The molecular formula is C22H27N3O5S. The minimum absolute atomic E-state index is 0.00379. The number of benzene rings is 2. The summed E-state index contributed by atoms with van der Waals surface area (Å²) in [5.74, 6) is 1.91. The lowest BCUT2D eigenvalue weighted by Crippen LogP contribution is -2.45. The van der Waals surface area contributed by atoms with Crippen molar-refractivity contribution in [2.24, 2.45) is 0 Å². The Balaban J connectivity index is 1.40. The van der Waals surface area contributed by atoms with Crippen molar-refractivity contribution < 1.29 is 19.2 Å². The third kappa shape index (κ3) is 6.27. The van der Waals surface area contributed by atoms with Gasteiger partial charge in [-0.15, -0.1) is 11.8 Å². The van der Waals surface area contributed by atoms with E-state index in [9.17, 15) is 14.9 Å². The first-order valence-corrected chi connectivity index (χ1v) is 11.2. The number of anilines is 1. The van der Waals surface area contributed by atoms with Crippen LogP contribution in [-0.4, -0.2) is 49.9 Å². The van der Waals surface area contributed by atoms with Gasteiger partial charge in [0.2, 0.25) is 5.91 Å². The molecule has 31 heavy (non-hydrogen) atoms. The number of hydrogen-bond acceptors (Lipinski definition) is 7. The number of nitro groups is 1. The maximum absolute atomic E-state index is 12.3. The SMILES string of the molecule is COc1ccc(N2CCC(NC(=O)CSCc3ccc(OC)c([N+](=O)[O-])c3)CC2)cc1. The molecule has 9 heteroatoms. The summed E-state index contributed by atoms with van der Waals surface area (Å²) in [6.07, 6.45) is 1.79. The van der Waals surface area contributed by atoms with Gasteiger partial charge in [0.1, 0.15) is 5.75 Å². The van der Waals surface area contributed by atoms with Gasteiger partial charge < -0.3 is 19.7 Å². The highest BCUT2D eigenvalue weighted by molar-refractivity contribution is 7.99. The Morgan fingerprint density at radius 3 is 2.48 bits per heavy atom. The Bertz CT molecular complexity index is 899. The van der Waals surface area contributed by atoms with Crippen molar-refractivity contribution in [2.75, 3.05) is 38.0 Å². The van der Waals surface area contributed by atoms with Crippen molar-refractivity contribution in [1.82, 2.24) is 5.32 Å². The molecule has 0 bridgehead atoms. The zero-order valence-corrected chi connectivity index (χ0v) is 18.5. The number of hydrogen-bond donors (Lipinski definition) is 1. The third-order valence-electron chi connectivity index (χ3n) is 5.24. The van der Waals surface area contributed by atoms with Crippen LogP contribution in [0.3, 0.4) is 0 Å². The Kier molecular flexibility index (Phi) is 8.00. The number of rotatable bonds is 9. The summed E-state index contributed by atoms with van der Waals surface area (Å²) in [5, 5.41) is 14.2. The van der Waals surface area contributed by atoms with E-state index < -0.39 is 4.92 Å². The van der Waals surface area contributed by atoms with Crippen LogP contribution in [0.5, 0.6) is 11.5 Å². The molecule has 0 spiro atoms. The first-order chi connectivity index (χ1) is 15.0. The van der Waals surface area contributed by atoms with Crippen LogP contribution < -0.4 is 19.7 Å². The molecule has 1 aliphatic heterocycles. The largest absolute Gasteiger partial charge is 0.497 e. The van der Waals surface area contributed by atoms with Crippen LogP contribution in [0.25, 0.3) is 0 Å². The van der Waals surface area contributed by atoms with E-state index in [0.717, 1.165) is 42.9 Å². The van der Waals surface area contributed by atoms with Gasteiger partial charge in [-0.1, -0.05) is 6.07 Å². The van der Waals surface area contributed by atoms with E-state index in [1.165, 1.54) is 24.9 Å². The van der Waals surface area contributed by atoms with Crippen molar-refractivity contribution in [1.29, 1.82) is 0 Å². The summed E-state index contributed by atoms with van der Waals surface area (Å²) in [7, 11) is 3.06. The Morgan fingerprint density at radius 1 is 1.16 bits per heavy atom. The molecule has 8 nitrogen and oxygen atoms in total. The van der Waals surface area contributed by atoms with E-state index in [-0.39, 0.29) is 23.4 Å². The van der Waals surface area contributed by atoms with Crippen LogP contribution in [0.15, 0.2) is 42.5 Å². The van der Waals surface area contributed by atoms with Gasteiger partial charge in [0.15, 0.2) is 5.75 Å². The summed E-state index contributed by atoms with van der Waals surface area (Å²) in [4.78, 5) is 25.3. The third-order valence-corrected chi connectivity index (χ3v) is 6.24. The second-order valence-corrected chi connectivity index (χ2v) is 8.27. The van der Waals surface area contributed by atoms with Crippen molar-refractivity contribution in [3.8, 4) is 11.5 Å². The minimum Gasteiger partial charge on any atom is -0.497 e. The molecule has 1 saturated heterocycles. The quantitative estimate of drug-likeness (QED) is 0.465. The molecule has 0 atom stereocenters. The number of carbonyl (C=O) groups excluding carboxylic acids is 1. The molecule has 2 aromatic rings. The van der Waals surface area contributed by atoms with E-state index in [4.69, 9.17) is 9.47 Å². The Labute approximate surface area is 186 Å². The summed E-state index contributed by atoms with van der Waals surface area (Å²) < 4.78 is 10.2. The maximum atomic E-state index is 12.3. The zero-order chi connectivity index (χ0) is 22.2.